The highest BCUT2D eigenvalue weighted by Crippen LogP contribution is 2.27. The van der Waals surface area contributed by atoms with Gasteiger partial charge in [-0.05, 0) is 30.5 Å². The number of carbonyl (C=O) groups excluding carboxylic acids is 1. The van der Waals surface area contributed by atoms with Crippen LogP contribution >= 0.6 is 11.6 Å². The average Bonchev–Trinajstić information content (AvgIpc) is 3.02. The Morgan fingerprint density at radius 2 is 2.07 bits per heavy atom. The Kier molecular flexibility index (Phi) is 6.66. The molecule has 2 aromatic rings. The van der Waals surface area contributed by atoms with E-state index < -0.39 is 24.0 Å². The predicted molar refractivity (Wildman–Crippen MR) is 108 cm³/mol. The number of aliphatic carboxylic acids is 1. The first-order valence-electron chi connectivity index (χ1n) is 9.24. The van der Waals surface area contributed by atoms with Crippen molar-refractivity contribution in [2.45, 2.75) is 25.7 Å². The smallest absolute Gasteiger partial charge is 0.331 e. The van der Waals surface area contributed by atoms with Gasteiger partial charge in [0.05, 0.1) is 11.3 Å². The number of halogens is 3. The number of amides is 1. The molecule has 0 unspecified atom stereocenters. The van der Waals surface area contributed by atoms with Gasteiger partial charge in [-0.3, -0.25) is 9.48 Å². The summed E-state index contributed by atoms with van der Waals surface area (Å²) in [4.78, 5) is 23.8. The molecule has 0 fully saturated rings. The number of alkyl halides is 2. The van der Waals surface area contributed by atoms with Crippen molar-refractivity contribution in [3.8, 4) is 0 Å². The molecule has 6 nitrogen and oxygen atoms in total. The van der Waals surface area contributed by atoms with Gasteiger partial charge in [-0.15, -0.1) is 0 Å². The first kappa shape index (κ1) is 21.7. The Hall–Kier alpha value is -3.00. The van der Waals surface area contributed by atoms with E-state index in [9.17, 15) is 18.4 Å². The van der Waals surface area contributed by atoms with Gasteiger partial charge in [0.15, 0.2) is 0 Å². The van der Waals surface area contributed by atoms with E-state index in [1.807, 2.05) is 0 Å². The number of aryl methyl sites for hydroxylation is 1. The molecule has 1 aliphatic carbocycles. The molecular weight excluding hydrogens is 416 g/mol. The van der Waals surface area contributed by atoms with Gasteiger partial charge in [-0.25, -0.2) is 13.6 Å². The summed E-state index contributed by atoms with van der Waals surface area (Å²) >= 11 is 5.99. The van der Waals surface area contributed by atoms with Crippen molar-refractivity contribution in [2.24, 2.45) is 7.05 Å². The fourth-order valence-electron chi connectivity index (χ4n) is 3.34. The zero-order valence-corrected chi connectivity index (χ0v) is 16.9. The van der Waals surface area contributed by atoms with Crippen LogP contribution in [0.25, 0.3) is 0 Å². The summed E-state index contributed by atoms with van der Waals surface area (Å²) in [5, 5.41) is 16.3. The van der Waals surface area contributed by atoms with Crippen molar-refractivity contribution in [3.05, 3.63) is 75.1 Å². The number of benzene rings is 1. The second-order valence-corrected chi connectivity index (χ2v) is 7.38. The minimum absolute atomic E-state index is 0.135. The van der Waals surface area contributed by atoms with Crippen LogP contribution in [0.3, 0.4) is 0 Å². The Bertz CT molecular complexity index is 1040. The number of aromatic nitrogens is 2. The Morgan fingerprint density at radius 3 is 2.67 bits per heavy atom. The fraction of sp³-hybridized carbons (Fsp3) is 0.286. The molecule has 0 saturated heterocycles. The highest BCUT2D eigenvalue weighted by atomic mass is 35.5. The van der Waals surface area contributed by atoms with E-state index in [0.717, 1.165) is 15.8 Å². The molecule has 0 aliphatic heterocycles. The maximum absolute atomic E-state index is 13.6. The normalized spacial score (nSPS) is 13.8. The standard InChI is InChI=1S/C21H20ClF2N3O3/c1-27-18(19(23)24)17(16(26-27)10-13-3-2-4-15(22)9-13)20(28)25-11-12-5-7-14(8-6-12)21(29)30/h2-5,7,9,19H,6,8,10-11H2,1H3,(H,25,28)(H,29,30). The third kappa shape index (κ3) is 4.94. The van der Waals surface area contributed by atoms with Gasteiger partial charge >= 0.3 is 5.97 Å². The molecule has 30 heavy (non-hydrogen) atoms. The minimum atomic E-state index is -2.87. The largest absolute Gasteiger partial charge is 0.478 e. The molecular formula is C21H20ClF2N3O3. The number of carboxylic acid groups (broad SMARTS) is 1. The van der Waals surface area contributed by atoms with E-state index in [0.29, 0.717) is 23.4 Å². The second-order valence-electron chi connectivity index (χ2n) is 6.94. The average molecular weight is 436 g/mol. The molecule has 0 saturated carbocycles. The molecule has 1 heterocycles. The summed E-state index contributed by atoms with van der Waals surface area (Å²) in [6.07, 6.45) is 1.27. The second kappa shape index (κ2) is 9.21. The monoisotopic (exact) mass is 435 g/mol. The summed E-state index contributed by atoms with van der Waals surface area (Å²) < 4.78 is 28.3. The van der Waals surface area contributed by atoms with E-state index in [1.54, 1.807) is 30.3 Å². The first-order valence-corrected chi connectivity index (χ1v) is 9.62. The third-order valence-corrected chi connectivity index (χ3v) is 5.08. The summed E-state index contributed by atoms with van der Waals surface area (Å²) in [6, 6.07) is 6.91. The molecule has 3 rings (SSSR count). The van der Waals surface area contributed by atoms with Crippen molar-refractivity contribution in [1.82, 2.24) is 15.1 Å². The number of nitrogens with one attached hydrogen (secondary N) is 1. The maximum atomic E-state index is 13.6. The minimum Gasteiger partial charge on any atom is -0.478 e. The van der Waals surface area contributed by atoms with Crippen LogP contribution in [0.15, 0.2) is 47.6 Å². The number of hydrogen-bond acceptors (Lipinski definition) is 3. The molecule has 1 aromatic carbocycles. The molecule has 1 aliphatic rings. The zero-order chi connectivity index (χ0) is 21.8. The molecule has 0 spiro atoms. The number of hydrogen-bond donors (Lipinski definition) is 2. The van der Waals surface area contributed by atoms with Gasteiger partial charge in [0, 0.05) is 30.6 Å². The molecule has 158 valence electrons. The Labute approximate surface area is 176 Å². The predicted octanol–water partition coefficient (Wildman–Crippen LogP) is 4.06. The van der Waals surface area contributed by atoms with E-state index in [1.165, 1.54) is 13.1 Å². The lowest BCUT2D eigenvalue weighted by atomic mass is 9.98. The lowest BCUT2D eigenvalue weighted by Crippen LogP contribution is -2.28. The van der Waals surface area contributed by atoms with Crippen molar-refractivity contribution >= 4 is 23.5 Å². The molecule has 0 bridgehead atoms. The molecule has 0 radical (unpaired) electrons. The fourth-order valence-corrected chi connectivity index (χ4v) is 3.56. The lowest BCUT2D eigenvalue weighted by Gasteiger charge is -2.14. The van der Waals surface area contributed by atoms with Gasteiger partial charge in [-0.1, -0.05) is 41.5 Å². The van der Waals surface area contributed by atoms with Gasteiger partial charge < -0.3 is 10.4 Å². The van der Waals surface area contributed by atoms with Crippen molar-refractivity contribution in [3.63, 3.8) is 0 Å². The van der Waals surface area contributed by atoms with Crippen LogP contribution in [-0.2, 0) is 18.3 Å². The van der Waals surface area contributed by atoms with Gasteiger partial charge in [0.1, 0.15) is 5.69 Å². The SMILES string of the molecule is Cn1nc(Cc2cccc(Cl)c2)c(C(=O)NCC2=CC=C(C(=O)O)CC2)c1C(F)F. The number of allylic oxidation sites excluding steroid dienone is 2. The van der Waals surface area contributed by atoms with Crippen LogP contribution in [0, 0.1) is 0 Å². The molecule has 2 N–H and O–H groups in total. The van der Waals surface area contributed by atoms with E-state index >= 15 is 0 Å². The highest BCUT2D eigenvalue weighted by Gasteiger charge is 2.28. The molecule has 0 atom stereocenters. The van der Waals surface area contributed by atoms with Crippen LogP contribution in [0.5, 0.6) is 0 Å². The number of rotatable bonds is 7. The summed E-state index contributed by atoms with van der Waals surface area (Å²) in [5.74, 6) is -1.62. The van der Waals surface area contributed by atoms with Crippen molar-refractivity contribution < 1.29 is 23.5 Å². The quantitative estimate of drug-likeness (QED) is 0.686. The highest BCUT2D eigenvalue weighted by molar-refractivity contribution is 6.30. The van der Waals surface area contributed by atoms with Crippen LogP contribution in [0.1, 0.15) is 46.6 Å². The topological polar surface area (TPSA) is 84.2 Å². The van der Waals surface area contributed by atoms with E-state index in [4.69, 9.17) is 16.7 Å². The van der Waals surface area contributed by atoms with Crippen molar-refractivity contribution in [2.75, 3.05) is 6.54 Å². The Balaban J connectivity index is 1.82. The molecule has 1 amide bonds. The summed E-state index contributed by atoms with van der Waals surface area (Å²) in [5.41, 5.74) is 1.49. The van der Waals surface area contributed by atoms with Gasteiger partial charge in [0.25, 0.3) is 12.3 Å². The van der Waals surface area contributed by atoms with E-state index in [2.05, 4.69) is 10.4 Å². The number of nitrogens with zero attached hydrogens (tertiary/aromatic N) is 2. The maximum Gasteiger partial charge on any atom is 0.331 e. The number of carbonyl (C=O) groups is 2. The third-order valence-electron chi connectivity index (χ3n) is 4.84. The van der Waals surface area contributed by atoms with Crippen LogP contribution in [0.4, 0.5) is 8.78 Å². The molecule has 1 aromatic heterocycles. The van der Waals surface area contributed by atoms with Crippen LogP contribution in [-0.4, -0.2) is 33.3 Å². The van der Waals surface area contributed by atoms with Gasteiger partial charge in [0.2, 0.25) is 0 Å². The summed E-state index contributed by atoms with van der Waals surface area (Å²) in [7, 11) is 1.38. The first-order chi connectivity index (χ1) is 14.3. The number of carboxylic acids is 1. The van der Waals surface area contributed by atoms with E-state index in [-0.39, 0.29) is 24.2 Å². The zero-order valence-electron chi connectivity index (χ0n) is 16.2. The lowest BCUT2D eigenvalue weighted by molar-refractivity contribution is -0.132. The van der Waals surface area contributed by atoms with Gasteiger partial charge in [-0.2, -0.15) is 5.10 Å². The van der Waals surface area contributed by atoms with Crippen LogP contribution < -0.4 is 5.32 Å². The van der Waals surface area contributed by atoms with Crippen molar-refractivity contribution in [1.29, 1.82) is 0 Å². The molecule has 9 heteroatoms. The summed E-state index contributed by atoms with van der Waals surface area (Å²) in [6.45, 7) is 0.135. The Morgan fingerprint density at radius 1 is 1.30 bits per heavy atom. The van der Waals surface area contributed by atoms with Crippen LogP contribution in [0.2, 0.25) is 5.02 Å².